The van der Waals surface area contributed by atoms with Gasteiger partial charge in [-0.05, 0) is 48.9 Å². The molecule has 3 N–H and O–H groups in total. The Morgan fingerprint density at radius 2 is 1.70 bits per heavy atom. The number of nitrogens with one attached hydrogen (secondary N) is 1. The first-order chi connectivity index (χ1) is 19.1. The first-order valence-electron chi connectivity index (χ1n) is 12.0. The third-order valence-corrected chi connectivity index (χ3v) is 9.08. The van der Waals surface area contributed by atoms with Gasteiger partial charge in [0.15, 0.2) is 0 Å². The summed E-state index contributed by atoms with van der Waals surface area (Å²) in [4.78, 5) is 76.3. The molecule has 0 spiro atoms. The van der Waals surface area contributed by atoms with Crippen LogP contribution in [0.25, 0.3) is 0 Å². The Morgan fingerprint density at radius 1 is 1.02 bits per heavy atom. The lowest BCUT2D eigenvalue weighted by molar-refractivity contribution is -0.135. The number of nitrogens with two attached hydrogens (primary N) is 1. The van der Waals surface area contributed by atoms with Crippen molar-refractivity contribution in [3.63, 3.8) is 0 Å². The van der Waals surface area contributed by atoms with Crippen molar-refractivity contribution < 1.29 is 33.1 Å². The van der Waals surface area contributed by atoms with Gasteiger partial charge in [-0.15, -0.1) is 0 Å². The van der Waals surface area contributed by atoms with Crippen LogP contribution in [0.3, 0.4) is 0 Å². The fourth-order valence-electron chi connectivity index (χ4n) is 4.75. The van der Waals surface area contributed by atoms with E-state index in [-0.39, 0.29) is 6.61 Å². The number of benzene rings is 2. The van der Waals surface area contributed by atoms with Crippen LogP contribution in [-0.2, 0) is 25.7 Å². The van der Waals surface area contributed by atoms with Crippen LogP contribution in [0.2, 0.25) is 0 Å². The molecule has 40 heavy (non-hydrogen) atoms. The number of primary amides is 1. The quantitative estimate of drug-likeness (QED) is 0.331. The van der Waals surface area contributed by atoms with Crippen molar-refractivity contribution in [3.8, 4) is 0 Å². The van der Waals surface area contributed by atoms with Gasteiger partial charge in [-0.1, -0.05) is 35.2 Å². The topological polar surface area (TPSA) is 158 Å². The maximum absolute atomic E-state index is 13.7. The lowest BCUT2D eigenvalue weighted by Crippen LogP contribution is -2.41. The number of rotatable bonds is 6. The summed E-state index contributed by atoms with van der Waals surface area (Å²) in [6.45, 7) is 1.50. The second-order valence-electron chi connectivity index (χ2n) is 8.91. The number of fused-ring (bicyclic) bond motifs is 2. The van der Waals surface area contributed by atoms with Gasteiger partial charge in [-0.2, -0.15) is 4.90 Å². The highest BCUT2D eigenvalue weighted by Crippen LogP contribution is 2.53. The predicted octanol–water partition coefficient (Wildman–Crippen LogP) is 2.53. The molecular weight excluding hydrogens is 563 g/mol. The van der Waals surface area contributed by atoms with Crippen LogP contribution in [0.1, 0.15) is 33.6 Å². The number of ether oxygens (including phenoxy) is 1. The van der Waals surface area contributed by atoms with Crippen molar-refractivity contribution in [1.29, 1.82) is 0 Å². The predicted molar refractivity (Wildman–Crippen MR) is 142 cm³/mol. The molecule has 14 heteroatoms. The zero-order valence-electron chi connectivity index (χ0n) is 20.8. The van der Waals surface area contributed by atoms with Crippen molar-refractivity contribution in [1.82, 2.24) is 9.47 Å². The highest BCUT2D eigenvalue weighted by atomic mass is 32.2. The normalized spacial score (nSPS) is 19.6. The number of aromatic nitrogens is 1. The molecular formula is C26H21FN4O7S2. The van der Waals surface area contributed by atoms with Crippen LogP contribution in [0.4, 0.5) is 14.9 Å². The van der Waals surface area contributed by atoms with Gasteiger partial charge in [0.05, 0.1) is 23.1 Å². The smallest absolute Gasteiger partial charge is 0.338 e. The lowest BCUT2D eigenvalue weighted by atomic mass is 9.83. The molecule has 3 heterocycles. The molecule has 1 fully saturated rings. The molecule has 0 saturated carbocycles. The fraction of sp³-hybridized carbons (Fsp3) is 0.231. The van der Waals surface area contributed by atoms with Gasteiger partial charge in [-0.25, -0.2) is 14.0 Å². The van der Waals surface area contributed by atoms with Gasteiger partial charge >= 0.3 is 16.9 Å². The van der Waals surface area contributed by atoms with E-state index in [1.807, 2.05) is 0 Å². The number of hydrogen-bond donors (Lipinski definition) is 2. The molecule has 2 unspecified atom stereocenters. The highest BCUT2D eigenvalue weighted by molar-refractivity contribution is 8.00. The SMILES string of the molecule is CCOC(=O)c1ccc(NC(=O)Cn2c3c(sc2=O)[C@@H](c2ccc(F)cc2)C2C(=O)N(C(N)=O)C(=O)C2S3)cc1. The molecule has 2 aliphatic rings. The molecule has 3 atom stereocenters. The number of thiazole rings is 1. The Kier molecular flexibility index (Phi) is 7.29. The zero-order chi connectivity index (χ0) is 28.7. The van der Waals surface area contributed by atoms with E-state index in [9.17, 15) is 33.2 Å². The Balaban J connectivity index is 1.47. The molecule has 2 aliphatic heterocycles. The number of esters is 1. The number of urea groups is 1. The number of carbonyl (C=O) groups excluding carboxylic acids is 5. The third-order valence-electron chi connectivity index (χ3n) is 6.48. The molecule has 11 nitrogen and oxygen atoms in total. The molecule has 0 aliphatic carbocycles. The van der Waals surface area contributed by atoms with E-state index < -0.39 is 64.0 Å². The van der Waals surface area contributed by atoms with Gasteiger partial charge in [0, 0.05) is 16.5 Å². The fourth-order valence-corrected chi connectivity index (χ4v) is 7.52. The van der Waals surface area contributed by atoms with E-state index in [1.165, 1.54) is 53.1 Å². The summed E-state index contributed by atoms with van der Waals surface area (Å²) in [6.07, 6.45) is 0. The van der Waals surface area contributed by atoms with E-state index in [4.69, 9.17) is 10.5 Å². The number of carbonyl (C=O) groups is 5. The molecule has 0 radical (unpaired) electrons. The van der Waals surface area contributed by atoms with E-state index in [0.717, 1.165) is 23.1 Å². The van der Waals surface area contributed by atoms with Gasteiger partial charge in [0.2, 0.25) is 11.8 Å². The zero-order valence-corrected chi connectivity index (χ0v) is 22.4. The third kappa shape index (κ3) is 4.79. The number of amides is 5. The largest absolute Gasteiger partial charge is 0.462 e. The summed E-state index contributed by atoms with van der Waals surface area (Å²) in [5.41, 5.74) is 6.45. The average Bonchev–Trinajstić information content (AvgIpc) is 3.36. The van der Waals surface area contributed by atoms with Gasteiger partial charge in [0.1, 0.15) is 17.6 Å². The van der Waals surface area contributed by atoms with E-state index in [0.29, 0.717) is 31.6 Å². The standard InChI is InChI=1S/C26H21FN4O7S2/c1-2-38-24(35)13-5-9-15(10-6-13)29-16(32)11-30-23-20(40-26(30)37)17(12-3-7-14(27)8-4-12)18-19(39-23)22(34)31(21(18)33)25(28)36/h3-10,17-19H,2,11H2,1H3,(H2,28,36)(H,29,32)/t17-,18?,19?/m0/s1. The van der Waals surface area contributed by atoms with Crippen molar-refractivity contribution >= 4 is 58.5 Å². The summed E-state index contributed by atoms with van der Waals surface area (Å²) < 4.78 is 19.8. The maximum atomic E-state index is 13.7. The summed E-state index contributed by atoms with van der Waals surface area (Å²) in [5, 5.41) is 1.87. The van der Waals surface area contributed by atoms with Crippen molar-refractivity contribution in [2.45, 2.75) is 29.7 Å². The van der Waals surface area contributed by atoms with E-state index in [1.54, 1.807) is 6.92 Å². The number of thioether (sulfide) groups is 1. The number of likely N-dealkylation sites (tertiary alicyclic amines) is 1. The van der Waals surface area contributed by atoms with Crippen LogP contribution in [0.5, 0.6) is 0 Å². The summed E-state index contributed by atoms with van der Waals surface area (Å²) >= 11 is 1.72. The minimum Gasteiger partial charge on any atom is -0.462 e. The van der Waals surface area contributed by atoms with Gasteiger partial charge < -0.3 is 15.8 Å². The summed E-state index contributed by atoms with van der Waals surface area (Å²) in [7, 11) is 0. The molecule has 5 amide bonds. The second kappa shape index (κ2) is 10.7. The number of nitrogens with zero attached hydrogens (tertiary/aromatic N) is 2. The van der Waals surface area contributed by atoms with Crippen molar-refractivity contribution in [2.75, 3.05) is 11.9 Å². The monoisotopic (exact) mass is 584 g/mol. The molecule has 3 aromatic rings. The second-order valence-corrected chi connectivity index (χ2v) is 11.0. The Morgan fingerprint density at radius 3 is 2.33 bits per heavy atom. The van der Waals surface area contributed by atoms with Crippen molar-refractivity contribution in [3.05, 3.63) is 80.0 Å². The minimum atomic E-state index is -1.21. The molecule has 1 saturated heterocycles. The maximum Gasteiger partial charge on any atom is 0.338 e. The molecule has 5 rings (SSSR count). The van der Waals surface area contributed by atoms with Crippen LogP contribution < -0.4 is 15.9 Å². The highest BCUT2D eigenvalue weighted by Gasteiger charge is 2.57. The molecule has 2 aromatic carbocycles. The van der Waals surface area contributed by atoms with E-state index >= 15 is 0 Å². The Labute approximate surface area is 234 Å². The van der Waals surface area contributed by atoms with Gasteiger partial charge in [0.25, 0.3) is 5.91 Å². The number of imide groups is 3. The Bertz CT molecular complexity index is 1600. The van der Waals surface area contributed by atoms with Crippen LogP contribution in [0, 0.1) is 11.7 Å². The summed E-state index contributed by atoms with van der Waals surface area (Å²) in [5.74, 6) is -5.09. The van der Waals surface area contributed by atoms with Crippen LogP contribution >= 0.6 is 23.1 Å². The lowest BCUT2D eigenvalue weighted by Gasteiger charge is -2.30. The first kappa shape index (κ1) is 27.3. The average molecular weight is 585 g/mol. The molecule has 206 valence electrons. The van der Waals surface area contributed by atoms with Gasteiger partial charge in [-0.3, -0.25) is 23.7 Å². The Hall–Kier alpha value is -4.30. The van der Waals surface area contributed by atoms with Crippen molar-refractivity contribution in [2.24, 2.45) is 11.7 Å². The van der Waals surface area contributed by atoms with E-state index in [2.05, 4.69) is 5.32 Å². The molecule has 0 bridgehead atoms. The minimum absolute atomic E-state index is 0.221. The van der Waals surface area contributed by atoms with Crippen LogP contribution in [-0.4, -0.2) is 51.0 Å². The number of anilines is 1. The summed E-state index contributed by atoms with van der Waals surface area (Å²) in [6, 6.07) is 10.1. The number of halogens is 1. The first-order valence-corrected chi connectivity index (χ1v) is 13.7. The molecule has 1 aromatic heterocycles. The number of hydrogen-bond acceptors (Lipinski definition) is 9. The van der Waals surface area contributed by atoms with Crippen LogP contribution in [0.15, 0.2) is 58.4 Å².